The van der Waals surface area contributed by atoms with Gasteiger partial charge in [0.15, 0.2) is 0 Å². The van der Waals surface area contributed by atoms with Gasteiger partial charge in [0.05, 0.1) is 0 Å². The smallest absolute Gasteiger partial charge is 0.339 e. The average molecular weight is 355 g/mol. The maximum atomic E-state index is 13.2. The molecule has 0 aliphatic carbocycles. The highest BCUT2D eigenvalue weighted by Gasteiger charge is 2.12. The molecule has 1 heterocycles. The molecule has 0 amide bonds. The number of carboxylic acids is 1. The van der Waals surface area contributed by atoms with Crippen LogP contribution in [0.25, 0.3) is 11.0 Å². The molecule has 3 rings (SSSR count). The minimum Gasteiger partial charge on any atom is -0.550 e. The van der Waals surface area contributed by atoms with Crippen LogP contribution in [0.3, 0.4) is 0 Å². The van der Waals surface area contributed by atoms with E-state index in [-0.39, 0.29) is 25.3 Å². The molecule has 0 unspecified atom stereocenters. The number of carboxylic acid groups (broad SMARTS) is 1. The normalized spacial score (nSPS) is 10.8. The molecular formula is C20H16FO5-. The van der Waals surface area contributed by atoms with Crippen molar-refractivity contribution in [2.24, 2.45) is 0 Å². The van der Waals surface area contributed by atoms with Crippen LogP contribution in [0.15, 0.2) is 51.7 Å². The maximum Gasteiger partial charge on any atom is 0.339 e. The summed E-state index contributed by atoms with van der Waals surface area (Å²) >= 11 is 0. The zero-order valence-corrected chi connectivity index (χ0v) is 14.1. The summed E-state index contributed by atoms with van der Waals surface area (Å²) in [6.07, 6.45) is -0.184. The van der Waals surface area contributed by atoms with E-state index < -0.39 is 11.6 Å². The van der Waals surface area contributed by atoms with Crippen LogP contribution in [0.4, 0.5) is 4.39 Å². The third-order valence-corrected chi connectivity index (χ3v) is 4.13. The van der Waals surface area contributed by atoms with Crippen molar-refractivity contribution in [2.45, 2.75) is 26.4 Å². The number of hydrogen-bond donors (Lipinski definition) is 0. The van der Waals surface area contributed by atoms with Gasteiger partial charge in [0.1, 0.15) is 23.8 Å². The van der Waals surface area contributed by atoms with Crippen molar-refractivity contribution in [2.75, 3.05) is 0 Å². The van der Waals surface area contributed by atoms with Gasteiger partial charge in [0, 0.05) is 23.0 Å². The third kappa shape index (κ3) is 3.91. The van der Waals surface area contributed by atoms with Gasteiger partial charge >= 0.3 is 5.63 Å². The van der Waals surface area contributed by atoms with Crippen LogP contribution >= 0.6 is 0 Å². The van der Waals surface area contributed by atoms with Gasteiger partial charge in [-0.3, -0.25) is 0 Å². The lowest BCUT2D eigenvalue weighted by atomic mass is 10.0. The molecule has 0 bridgehead atoms. The van der Waals surface area contributed by atoms with Crippen LogP contribution in [-0.4, -0.2) is 5.97 Å². The number of aryl methyl sites for hydroxylation is 1. The minimum absolute atomic E-state index is 0.0598. The highest BCUT2D eigenvalue weighted by molar-refractivity contribution is 5.82. The number of aliphatic carboxylic acids is 1. The highest BCUT2D eigenvalue weighted by Crippen LogP contribution is 2.25. The zero-order valence-electron chi connectivity index (χ0n) is 14.1. The number of fused-ring (bicyclic) bond motifs is 1. The second-order valence-corrected chi connectivity index (χ2v) is 5.94. The first-order chi connectivity index (χ1) is 12.4. The van der Waals surface area contributed by atoms with E-state index in [1.807, 2.05) is 0 Å². The Balaban J connectivity index is 1.85. The summed E-state index contributed by atoms with van der Waals surface area (Å²) in [7, 11) is 0. The second kappa shape index (κ2) is 7.39. The Hall–Kier alpha value is -3.15. The summed E-state index contributed by atoms with van der Waals surface area (Å²) in [5, 5.41) is 11.3. The van der Waals surface area contributed by atoms with Crippen LogP contribution < -0.4 is 15.5 Å². The van der Waals surface area contributed by atoms with E-state index in [4.69, 9.17) is 9.15 Å². The summed E-state index contributed by atoms with van der Waals surface area (Å²) in [5.74, 6) is -1.08. The summed E-state index contributed by atoms with van der Waals surface area (Å²) in [4.78, 5) is 22.8. The first kappa shape index (κ1) is 17.7. The van der Waals surface area contributed by atoms with Gasteiger partial charge in [-0.25, -0.2) is 9.18 Å². The molecule has 0 aliphatic heterocycles. The molecule has 0 saturated heterocycles. The average Bonchev–Trinajstić information content (AvgIpc) is 2.59. The first-order valence-electron chi connectivity index (χ1n) is 8.07. The lowest BCUT2D eigenvalue weighted by Crippen LogP contribution is -2.24. The molecule has 134 valence electrons. The Morgan fingerprint density at radius 3 is 2.77 bits per heavy atom. The summed E-state index contributed by atoms with van der Waals surface area (Å²) in [6, 6.07) is 11.1. The lowest BCUT2D eigenvalue weighted by molar-refractivity contribution is -0.305. The van der Waals surface area contributed by atoms with Gasteiger partial charge in [-0.05, 0) is 55.2 Å². The molecule has 2 aromatic carbocycles. The van der Waals surface area contributed by atoms with Crippen molar-refractivity contribution in [1.29, 1.82) is 0 Å². The fraction of sp³-hybridized carbons (Fsp3) is 0.200. The molecule has 5 nitrogen and oxygen atoms in total. The number of halogens is 1. The fourth-order valence-corrected chi connectivity index (χ4v) is 2.77. The largest absolute Gasteiger partial charge is 0.550 e. The maximum absolute atomic E-state index is 13.2. The molecule has 1 aromatic heterocycles. The van der Waals surface area contributed by atoms with E-state index in [0.717, 1.165) is 0 Å². The standard InChI is InChI=1S/C20H17FO5/c1-12-16-6-5-15(25-11-13-3-2-4-14(21)9-13)10-18(16)26-20(24)17(12)7-8-19(22)23/h2-6,9-10H,7-8,11H2,1H3,(H,22,23)/p-1. The Kier molecular flexibility index (Phi) is 5.02. The predicted molar refractivity (Wildman–Crippen MR) is 91.3 cm³/mol. The van der Waals surface area contributed by atoms with Gasteiger partial charge in [0.2, 0.25) is 0 Å². The van der Waals surface area contributed by atoms with Gasteiger partial charge in [-0.1, -0.05) is 12.1 Å². The number of rotatable bonds is 6. The van der Waals surface area contributed by atoms with Crippen LogP contribution in [0.5, 0.6) is 5.75 Å². The molecule has 0 saturated carbocycles. The molecule has 26 heavy (non-hydrogen) atoms. The van der Waals surface area contributed by atoms with Crippen molar-refractivity contribution in [3.8, 4) is 5.75 Å². The van der Waals surface area contributed by atoms with Crippen molar-refractivity contribution < 1.29 is 23.4 Å². The first-order valence-corrected chi connectivity index (χ1v) is 8.07. The summed E-state index contributed by atoms with van der Waals surface area (Å²) < 4.78 is 24.1. The number of hydrogen-bond acceptors (Lipinski definition) is 5. The Morgan fingerprint density at radius 1 is 1.23 bits per heavy atom. The predicted octanol–water partition coefficient (Wildman–Crippen LogP) is 2.50. The van der Waals surface area contributed by atoms with Crippen LogP contribution in [0.2, 0.25) is 0 Å². The minimum atomic E-state index is -1.22. The van der Waals surface area contributed by atoms with Gasteiger partial charge in [-0.2, -0.15) is 0 Å². The van der Waals surface area contributed by atoms with E-state index in [9.17, 15) is 19.1 Å². The summed E-state index contributed by atoms with van der Waals surface area (Å²) in [5.41, 5.74) is 1.46. The van der Waals surface area contributed by atoms with Crippen molar-refractivity contribution >= 4 is 16.9 Å². The van der Waals surface area contributed by atoms with Crippen molar-refractivity contribution in [1.82, 2.24) is 0 Å². The molecule has 0 atom stereocenters. The molecule has 3 aromatic rings. The SMILES string of the molecule is Cc1c(CCC(=O)[O-])c(=O)oc2cc(OCc3cccc(F)c3)ccc12. The van der Waals surface area contributed by atoms with Crippen LogP contribution in [-0.2, 0) is 17.8 Å². The van der Waals surface area contributed by atoms with Crippen molar-refractivity contribution in [3.05, 3.63) is 75.4 Å². The fourth-order valence-electron chi connectivity index (χ4n) is 2.77. The third-order valence-electron chi connectivity index (χ3n) is 4.13. The Morgan fingerprint density at radius 2 is 2.04 bits per heavy atom. The number of carbonyl (C=O) groups is 1. The molecule has 0 N–H and O–H groups in total. The Labute approximate surface area is 148 Å². The molecule has 0 radical (unpaired) electrons. The van der Waals surface area contributed by atoms with E-state index in [0.29, 0.717) is 33.4 Å². The highest BCUT2D eigenvalue weighted by atomic mass is 19.1. The van der Waals surface area contributed by atoms with E-state index in [2.05, 4.69) is 0 Å². The zero-order chi connectivity index (χ0) is 18.7. The van der Waals surface area contributed by atoms with Crippen LogP contribution in [0.1, 0.15) is 23.1 Å². The monoisotopic (exact) mass is 355 g/mol. The van der Waals surface area contributed by atoms with E-state index in [1.54, 1.807) is 37.3 Å². The Bertz CT molecular complexity index is 1020. The number of carbonyl (C=O) groups excluding carboxylic acids is 1. The quantitative estimate of drug-likeness (QED) is 0.635. The van der Waals surface area contributed by atoms with Gasteiger partial charge < -0.3 is 19.1 Å². The van der Waals surface area contributed by atoms with E-state index in [1.165, 1.54) is 12.1 Å². The van der Waals surface area contributed by atoms with Crippen molar-refractivity contribution in [3.63, 3.8) is 0 Å². The number of benzene rings is 2. The second-order valence-electron chi connectivity index (χ2n) is 5.94. The lowest BCUT2D eigenvalue weighted by Gasteiger charge is -2.10. The molecule has 0 aliphatic rings. The topological polar surface area (TPSA) is 79.6 Å². The molecule has 6 heteroatoms. The number of ether oxygens (including phenoxy) is 1. The van der Waals surface area contributed by atoms with Crippen LogP contribution in [0, 0.1) is 12.7 Å². The molecular weight excluding hydrogens is 339 g/mol. The summed E-state index contributed by atoms with van der Waals surface area (Å²) in [6.45, 7) is 1.92. The molecule has 0 spiro atoms. The van der Waals surface area contributed by atoms with E-state index >= 15 is 0 Å². The van der Waals surface area contributed by atoms with Gasteiger partial charge in [-0.15, -0.1) is 0 Å². The molecule has 0 fully saturated rings. The van der Waals surface area contributed by atoms with Gasteiger partial charge in [0.25, 0.3) is 0 Å².